The normalized spacial score (nSPS) is 12.0. The van der Waals surface area contributed by atoms with Crippen LogP contribution in [-0.4, -0.2) is 21.6 Å². The largest absolute Gasteiger partial charge is 0.388 e. The Balaban J connectivity index is 2.04. The van der Waals surface area contributed by atoms with Crippen molar-refractivity contribution < 1.29 is 4.79 Å². The molecule has 0 amide bonds. The Kier molecular flexibility index (Phi) is 5.26. The quantitative estimate of drug-likeness (QED) is 0.395. The Morgan fingerprint density at radius 3 is 2.71 bits per heavy atom. The molecule has 1 aromatic heterocycles. The van der Waals surface area contributed by atoms with Crippen LogP contribution in [0.1, 0.15) is 47.7 Å². The first kappa shape index (κ1) is 15.0. The zero-order valence-corrected chi connectivity index (χ0v) is 11.9. The van der Waals surface area contributed by atoms with Gasteiger partial charge in [0.25, 0.3) is 0 Å². The molecule has 0 fully saturated rings. The predicted octanol–water partition coefficient (Wildman–Crippen LogP) is 2.87. The minimum Gasteiger partial charge on any atom is -0.388 e. The van der Waals surface area contributed by atoms with Gasteiger partial charge in [-0.3, -0.25) is 10.2 Å². The Hall–Kier alpha value is -2.43. The maximum atomic E-state index is 12.2. The molecule has 4 N–H and O–H groups in total. The fourth-order valence-electron chi connectivity index (χ4n) is 2.39. The highest BCUT2D eigenvalue weighted by Gasteiger charge is 2.17. The van der Waals surface area contributed by atoms with Crippen LogP contribution in [0.25, 0.3) is 0 Å². The number of Topliss-reactive ketones (excluding diaryl/α,β-unsaturated/α-hetero) is 1. The van der Waals surface area contributed by atoms with E-state index < -0.39 is 0 Å². The molecular weight excluding hydrogens is 264 g/mol. The van der Waals surface area contributed by atoms with E-state index in [4.69, 9.17) is 11.1 Å². The van der Waals surface area contributed by atoms with Crippen LogP contribution in [0.5, 0.6) is 0 Å². The predicted molar refractivity (Wildman–Crippen MR) is 82.5 cm³/mol. The second kappa shape index (κ2) is 7.38. The van der Waals surface area contributed by atoms with Gasteiger partial charge in [-0.25, -0.2) is 4.98 Å². The smallest absolute Gasteiger partial charge is 0.181 e. The summed E-state index contributed by atoms with van der Waals surface area (Å²) in [5.74, 6) is 0.396. The molecule has 5 heteroatoms. The van der Waals surface area contributed by atoms with Crippen molar-refractivity contribution in [3.63, 3.8) is 0 Å². The third-order valence-electron chi connectivity index (χ3n) is 3.50. The Labute approximate surface area is 124 Å². The van der Waals surface area contributed by atoms with Crippen molar-refractivity contribution in [2.45, 2.75) is 31.6 Å². The zero-order valence-electron chi connectivity index (χ0n) is 11.9. The Bertz CT molecular complexity index is 578. The van der Waals surface area contributed by atoms with Crippen LogP contribution in [0.2, 0.25) is 0 Å². The number of aromatic amines is 1. The van der Waals surface area contributed by atoms with E-state index in [1.807, 2.05) is 30.3 Å². The number of carbonyl (C=O) groups is 1. The van der Waals surface area contributed by atoms with Gasteiger partial charge in [-0.1, -0.05) is 30.3 Å². The number of H-pyrrole nitrogens is 1. The van der Waals surface area contributed by atoms with E-state index in [9.17, 15) is 4.79 Å². The average molecular weight is 284 g/mol. The monoisotopic (exact) mass is 284 g/mol. The van der Waals surface area contributed by atoms with E-state index in [-0.39, 0.29) is 17.5 Å². The van der Waals surface area contributed by atoms with Crippen LogP contribution in [0.15, 0.2) is 42.9 Å². The molecule has 1 atom stereocenters. The van der Waals surface area contributed by atoms with Crippen molar-refractivity contribution in [2.24, 2.45) is 5.73 Å². The zero-order chi connectivity index (χ0) is 15.1. The number of imidazole rings is 1. The number of nitrogens with two attached hydrogens (primary N) is 1. The van der Waals surface area contributed by atoms with Crippen molar-refractivity contribution in [3.8, 4) is 0 Å². The number of benzene rings is 1. The first-order chi connectivity index (χ1) is 10.2. The van der Waals surface area contributed by atoms with Gasteiger partial charge >= 0.3 is 0 Å². The Morgan fingerprint density at radius 2 is 2.10 bits per heavy atom. The third kappa shape index (κ3) is 4.56. The number of rotatable bonds is 8. The number of hydrogen-bond acceptors (Lipinski definition) is 3. The Morgan fingerprint density at radius 1 is 1.33 bits per heavy atom. The lowest BCUT2D eigenvalue weighted by Crippen LogP contribution is -2.12. The molecule has 1 unspecified atom stereocenters. The van der Waals surface area contributed by atoms with E-state index in [1.54, 1.807) is 6.20 Å². The minimum absolute atomic E-state index is 0.0594. The first-order valence-electron chi connectivity index (χ1n) is 7.06. The molecule has 2 aromatic rings. The summed E-state index contributed by atoms with van der Waals surface area (Å²) in [5.41, 5.74) is 7.09. The maximum Gasteiger partial charge on any atom is 0.181 e. The molecule has 0 saturated heterocycles. The average Bonchev–Trinajstić information content (AvgIpc) is 3.01. The molecule has 0 bridgehead atoms. The maximum absolute atomic E-state index is 12.2. The van der Waals surface area contributed by atoms with E-state index in [2.05, 4.69) is 9.97 Å². The van der Waals surface area contributed by atoms with Gasteiger partial charge in [-0.2, -0.15) is 0 Å². The third-order valence-corrected chi connectivity index (χ3v) is 3.50. The number of carbonyl (C=O) groups excluding carboxylic acids is 1. The number of hydrogen-bond donors (Lipinski definition) is 3. The summed E-state index contributed by atoms with van der Waals surface area (Å²) >= 11 is 0. The molecule has 0 aliphatic carbocycles. The molecule has 0 aliphatic heterocycles. The lowest BCUT2D eigenvalue weighted by molar-refractivity contribution is 0.0967. The number of aromatic nitrogens is 2. The lowest BCUT2D eigenvalue weighted by Gasteiger charge is -2.16. The van der Waals surface area contributed by atoms with Crippen molar-refractivity contribution in [2.75, 3.05) is 0 Å². The van der Waals surface area contributed by atoms with Crippen molar-refractivity contribution in [1.29, 1.82) is 5.41 Å². The van der Waals surface area contributed by atoms with Crippen LogP contribution < -0.4 is 5.73 Å². The second-order valence-corrected chi connectivity index (χ2v) is 5.12. The molecular formula is C16H20N4O. The van der Waals surface area contributed by atoms with Gasteiger partial charge < -0.3 is 10.7 Å². The van der Waals surface area contributed by atoms with E-state index in [0.717, 1.165) is 18.4 Å². The second-order valence-electron chi connectivity index (χ2n) is 5.12. The highest BCUT2D eigenvalue weighted by atomic mass is 16.1. The highest BCUT2D eigenvalue weighted by molar-refractivity contribution is 5.94. The first-order valence-corrected chi connectivity index (χ1v) is 7.06. The molecule has 110 valence electrons. The van der Waals surface area contributed by atoms with Crippen LogP contribution in [0.3, 0.4) is 0 Å². The SMILES string of the molecule is N=C(N)CCCC(CC(=O)c1cnc[nH]1)c1ccccc1. The van der Waals surface area contributed by atoms with Gasteiger partial charge in [0.15, 0.2) is 5.78 Å². The van der Waals surface area contributed by atoms with Gasteiger partial charge in [0.05, 0.1) is 18.4 Å². The standard InChI is InChI=1S/C16H20N4O/c17-16(18)8-4-7-13(12-5-2-1-3-6-12)9-15(21)14-10-19-11-20-14/h1-3,5-6,10-11,13H,4,7-9H2,(H3,17,18)(H,19,20). The van der Waals surface area contributed by atoms with Crippen LogP contribution >= 0.6 is 0 Å². The summed E-state index contributed by atoms with van der Waals surface area (Å²) in [6, 6.07) is 10.0. The van der Waals surface area contributed by atoms with Gasteiger partial charge in [0.1, 0.15) is 5.69 Å². The molecule has 0 radical (unpaired) electrons. The van der Waals surface area contributed by atoms with Crippen LogP contribution in [0, 0.1) is 5.41 Å². The molecule has 2 rings (SSSR count). The molecule has 21 heavy (non-hydrogen) atoms. The fraction of sp³-hybridized carbons (Fsp3) is 0.312. The molecule has 5 nitrogen and oxygen atoms in total. The van der Waals surface area contributed by atoms with Crippen LogP contribution in [-0.2, 0) is 0 Å². The summed E-state index contributed by atoms with van der Waals surface area (Å²) in [6.45, 7) is 0. The number of nitrogens with zero attached hydrogens (tertiary/aromatic N) is 1. The summed E-state index contributed by atoms with van der Waals surface area (Å²) in [4.78, 5) is 19.0. The number of nitrogens with one attached hydrogen (secondary N) is 2. The molecule has 1 heterocycles. The summed E-state index contributed by atoms with van der Waals surface area (Å²) in [7, 11) is 0. The van der Waals surface area contributed by atoms with Gasteiger partial charge in [-0.15, -0.1) is 0 Å². The topological polar surface area (TPSA) is 95.6 Å². The van der Waals surface area contributed by atoms with Crippen molar-refractivity contribution in [1.82, 2.24) is 9.97 Å². The summed E-state index contributed by atoms with van der Waals surface area (Å²) < 4.78 is 0. The summed E-state index contributed by atoms with van der Waals surface area (Å²) in [5, 5.41) is 7.30. The minimum atomic E-state index is 0.0594. The van der Waals surface area contributed by atoms with Crippen molar-refractivity contribution >= 4 is 11.6 Å². The molecule has 1 aromatic carbocycles. The van der Waals surface area contributed by atoms with E-state index in [0.29, 0.717) is 18.5 Å². The number of amidine groups is 1. The van der Waals surface area contributed by atoms with Gasteiger partial charge in [-0.05, 0) is 24.3 Å². The van der Waals surface area contributed by atoms with Crippen LogP contribution in [0.4, 0.5) is 0 Å². The molecule has 0 spiro atoms. The van der Waals surface area contributed by atoms with Gasteiger partial charge in [0.2, 0.25) is 0 Å². The highest BCUT2D eigenvalue weighted by Crippen LogP contribution is 2.26. The number of ketones is 1. The van der Waals surface area contributed by atoms with Crippen molar-refractivity contribution in [3.05, 3.63) is 54.1 Å². The lowest BCUT2D eigenvalue weighted by atomic mass is 9.88. The van der Waals surface area contributed by atoms with Gasteiger partial charge in [0, 0.05) is 12.8 Å². The molecule has 0 saturated carbocycles. The molecule has 0 aliphatic rings. The van der Waals surface area contributed by atoms with E-state index in [1.165, 1.54) is 6.33 Å². The van der Waals surface area contributed by atoms with E-state index >= 15 is 0 Å². The fourth-order valence-corrected chi connectivity index (χ4v) is 2.39. The summed E-state index contributed by atoms with van der Waals surface area (Å²) in [6.07, 6.45) is 5.72.